The highest BCUT2D eigenvalue weighted by Gasteiger charge is 2.10. The van der Waals surface area contributed by atoms with E-state index in [1.165, 1.54) is 29.5 Å². The zero-order valence-electron chi connectivity index (χ0n) is 13.6. The zero-order chi connectivity index (χ0) is 16.1. The number of hydrogen-bond acceptors (Lipinski definition) is 2. The summed E-state index contributed by atoms with van der Waals surface area (Å²) in [6.45, 7) is 2.64. The van der Waals surface area contributed by atoms with E-state index in [1.54, 1.807) is 0 Å². The van der Waals surface area contributed by atoms with Gasteiger partial charge in [0.1, 0.15) is 5.75 Å². The first-order chi connectivity index (χ1) is 11.2. The molecule has 0 saturated heterocycles. The minimum atomic E-state index is -0.0933. The smallest absolute Gasteiger partial charge is 0.258 e. The number of rotatable bonds is 5. The number of fused-ring (bicyclic) bond motifs is 1. The lowest BCUT2D eigenvalue weighted by Crippen LogP contribution is -2.28. The summed E-state index contributed by atoms with van der Waals surface area (Å²) in [5.74, 6) is 0.695. The van der Waals surface area contributed by atoms with Crippen molar-refractivity contribution >= 4 is 5.91 Å². The molecule has 0 atom stereocenters. The second kappa shape index (κ2) is 7.32. The fourth-order valence-electron chi connectivity index (χ4n) is 3.02. The number of aryl methyl sites for hydroxylation is 3. The van der Waals surface area contributed by atoms with Crippen LogP contribution in [0.25, 0.3) is 0 Å². The van der Waals surface area contributed by atoms with E-state index in [0.29, 0.717) is 6.54 Å². The maximum Gasteiger partial charge on any atom is 0.258 e. The Balaban J connectivity index is 1.49. The summed E-state index contributed by atoms with van der Waals surface area (Å²) in [4.78, 5) is 11.9. The highest BCUT2D eigenvalue weighted by molar-refractivity contribution is 5.77. The molecular weight excluding hydrogens is 286 g/mol. The van der Waals surface area contributed by atoms with Crippen molar-refractivity contribution in [2.75, 3.05) is 6.61 Å². The normalized spacial score (nSPS) is 13.3. The van der Waals surface area contributed by atoms with Crippen molar-refractivity contribution in [2.45, 2.75) is 39.2 Å². The molecule has 1 N–H and O–H groups in total. The molecule has 3 rings (SSSR count). The van der Waals surface area contributed by atoms with Crippen molar-refractivity contribution < 1.29 is 9.53 Å². The van der Waals surface area contributed by atoms with E-state index < -0.39 is 0 Å². The maximum absolute atomic E-state index is 11.9. The number of hydrogen-bond donors (Lipinski definition) is 1. The van der Waals surface area contributed by atoms with Gasteiger partial charge in [0.25, 0.3) is 5.91 Å². The molecule has 0 unspecified atom stereocenters. The Morgan fingerprint density at radius 2 is 1.91 bits per heavy atom. The molecule has 2 aromatic carbocycles. The van der Waals surface area contributed by atoms with Gasteiger partial charge in [-0.2, -0.15) is 0 Å². The van der Waals surface area contributed by atoms with Crippen molar-refractivity contribution in [2.24, 2.45) is 0 Å². The third kappa shape index (κ3) is 4.35. The van der Waals surface area contributed by atoms with Gasteiger partial charge < -0.3 is 10.1 Å². The van der Waals surface area contributed by atoms with Crippen LogP contribution in [0.3, 0.4) is 0 Å². The van der Waals surface area contributed by atoms with E-state index in [9.17, 15) is 4.79 Å². The summed E-state index contributed by atoms with van der Waals surface area (Å²) in [5, 5.41) is 2.89. The summed E-state index contributed by atoms with van der Waals surface area (Å²) in [6.07, 6.45) is 4.79. The molecule has 0 fully saturated rings. The minimum absolute atomic E-state index is 0.0601. The molecule has 0 aliphatic heterocycles. The molecule has 0 aromatic heterocycles. The predicted molar refractivity (Wildman–Crippen MR) is 91.6 cm³/mol. The molecule has 0 bridgehead atoms. The van der Waals surface area contributed by atoms with Crippen LogP contribution >= 0.6 is 0 Å². The number of carbonyl (C=O) groups is 1. The van der Waals surface area contributed by atoms with Gasteiger partial charge in [-0.15, -0.1) is 0 Å². The third-order valence-corrected chi connectivity index (χ3v) is 4.26. The molecule has 120 valence electrons. The maximum atomic E-state index is 11.9. The van der Waals surface area contributed by atoms with Gasteiger partial charge in [-0.1, -0.05) is 35.9 Å². The molecular formula is C20H23NO2. The average Bonchev–Trinajstić information content (AvgIpc) is 2.58. The first kappa shape index (κ1) is 15.6. The van der Waals surface area contributed by atoms with Crippen LogP contribution in [-0.4, -0.2) is 12.5 Å². The van der Waals surface area contributed by atoms with Crippen LogP contribution in [0.15, 0.2) is 42.5 Å². The van der Waals surface area contributed by atoms with E-state index in [-0.39, 0.29) is 12.5 Å². The van der Waals surface area contributed by atoms with Gasteiger partial charge in [0, 0.05) is 6.54 Å². The molecule has 0 spiro atoms. The number of amides is 1. The van der Waals surface area contributed by atoms with E-state index in [0.717, 1.165) is 24.2 Å². The number of ether oxygens (including phenoxy) is 1. The molecule has 23 heavy (non-hydrogen) atoms. The quantitative estimate of drug-likeness (QED) is 0.917. The Morgan fingerprint density at radius 3 is 2.74 bits per heavy atom. The molecule has 3 heteroatoms. The van der Waals surface area contributed by atoms with Crippen LogP contribution in [0.5, 0.6) is 5.75 Å². The Kier molecular flexibility index (Phi) is 4.96. The van der Waals surface area contributed by atoms with Crippen LogP contribution < -0.4 is 10.1 Å². The van der Waals surface area contributed by atoms with Crippen molar-refractivity contribution in [1.29, 1.82) is 0 Å². The molecule has 0 radical (unpaired) electrons. The van der Waals surface area contributed by atoms with Crippen LogP contribution in [0.2, 0.25) is 0 Å². The van der Waals surface area contributed by atoms with Gasteiger partial charge in [0.15, 0.2) is 6.61 Å². The molecule has 2 aromatic rings. The summed E-state index contributed by atoms with van der Waals surface area (Å²) in [7, 11) is 0. The van der Waals surface area contributed by atoms with E-state index in [4.69, 9.17) is 4.74 Å². The number of nitrogens with one attached hydrogen (secondary N) is 1. The van der Waals surface area contributed by atoms with Gasteiger partial charge in [-0.25, -0.2) is 0 Å². The standard InChI is InChI=1S/C20H23NO2/c1-15-5-4-6-16(11-15)13-21-20(22)14-23-19-10-9-17-7-2-3-8-18(17)12-19/h4-6,9-12H,2-3,7-8,13-14H2,1H3,(H,21,22). The predicted octanol–water partition coefficient (Wildman–Crippen LogP) is 3.57. The van der Waals surface area contributed by atoms with Crippen molar-refractivity contribution in [3.63, 3.8) is 0 Å². The van der Waals surface area contributed by atoms with E-state index >= 15 is 0 Å². The lowest BCUT2D eigenvalue weighted by molar-refractivity contribution is -0.123. The molecule has 3 nitrogen and oxygen atoms in total. The third-order valence-electron chi connectivity index (χ3n) is 4.26. The molecule has 0 heterocycles. The number of benzene rings is 2. The summed E-state index contributed by atoms with van der Waals surface area (Å²) in [5.41, 5.74) is 5.09. The van der Waals surface area contributed by atoms with Gasteiger partial charge in [-0.05, 0) is 61.4 Å². The summed E-state index contributed by atoms with van der Waals surface area (Å²) in [6, 6.07) is 14.3. The molecule has 0 saturated carbocycles. The lowest BCUT2D eigenvalue weighted by atomic mass is 9.92. The summed E-state index contributed by atoms with van der Waals surface area (Å²) >= 11 is 0. The molecule has 1 aliphatic rings. The van der Waals surface area contributed by atoms with Crippen LogP contribution in [-0.2, 0) is 24.2 Å². The fourth-order valence-corrected chi connectivity index (χ4v) is 3.02. The lowest BCUT2D eigenvalue weighted by Gasteiger charge is -2.16. The first-order valence-electron chi connectivity index (χ1n) is 8.27. The monoisotopic (exact) mass is 309 g/mol. The fraction of sp³-hybridized carbons (Fsp3) is 0.350. The highest BCUT2D eigenvalue weighted by atomic mass is 16.5. The summed E-state index contributed by atoms with van der Waals surface area (Å²) < 4.78 is 5.63. The van der Waals surface area contributed by atoms with Crippen molar-refractivity contribution in [3.05, 3.63) is 64.7 Å². The second-order valence-corrected chi connectivity index (χ2v) is 6.19. The highest BCUT2D eigenvalue weighted by Crippen LogP contribution is 2.25. The topological polar surface area (TPSA) is 38.3 Å². The van der Waals surface area contributed by atoms with Gasteiger partial charge in [0.2, 0.25) is 0 Å². The van der Waals surface area contributed by atoms with Gasteiger partial charge >= 0.3 is 0 Å². The Morgan fingerprint density at radius 1 is 1.09 bits per heavy atom. The van der Waals surface area contributed by atoms with Crippen LogP contribution in [0.1, 0.15) is 35.1 Å². The Bertz CT molecular complexity index is 694. The zero-order valence-corrected chi connectivity index (χ0v) is 13.6. The Labute approximate surface area is 137 Å². The van der Waals surface area contributed by atoms with Crippen LogP contribution in [0.4, 0.5) is 0 Å². The molecule has 1 amide bonds. The van der Waals surface area contributed by atoms with Gasteiger partial charge in [0.05, 0.1) is 0 Å². The van der Waals surface area contributed by atoms with Crippen molar-refractivity contribution in [1.82, 2.24) is 5.32 Å². The SMILES string of the molecule is Cc1cccc(CNC(=O)COc2ccc3c(c2)CCCC3)c1. The van der Waals surface area contributed by atoms with E-state index in [1.807, 2.05) is 31.2 Å². The molecule has 1 aliphatic carbocycles. The second-order valence-electron chi connectivity index (χ2n) is 6.19. The number of carbonyl (C=O) groups excluding carboxylic acids is 1. The van der Waals surface area contributed by atoms with Gasteiger partial charge in [-0.3, -0.25) is 4.79 Å². The largest absolute Gasteiger partial charge is 0.484 e. The average molecular weight is 309 g/mol. The van der Waals surface area contributed by atoms with Crippen LogP contribution in [0, 0.1) is 6.92 Å². The minimum Gasteiger partial charge on any atom is -0.484 e. The van der Waals surface area contributed by atoms with E-state index in [2.05, 4.69) is 23.5 Å². The Hall–Kier alpha value is -2.29. The first-order valence-corrected chi connectivity index (χ1v) is 8.27. The van der Waals surface area contributed by atoms with Crippen molar-refractivity contribution in [3.8, 4) is 5.75 Å².